The molecule has 238 valence electrons. The predicted molar refractivity (Wildman–Crippen MR) is 183 cm³/mol. The van der Waals surface area contributed by atoms with Crippen molar-refractivity contribution < 1.29 is 4.39 Å². The van der Waals surface area contributed by atoms with Crippen molar-refractivity contribution in [1.29, 1.82) is 5.26 Å². The number of hydrogen-bond donors (Lipinski definition) is 2. The number of fused-ring (bicyclic) bond motifs is 1. The summed E-state index contributed by atoms with van der Waals surface area (Å²) in [5.41, 5.74) is 5.19. The van der Waals surface area contributed by atoms with E-state index in [1.807, 2.05) is 23.9 Å². The lowest BCUT2D eigenvalue weighted by Crippen LogP contribution is -2.46. The molecule has 0 spiro atoms. The Bertz CT molecular complexity index is 1950. The van der Waals surface area contributed by atoms with Gasteiger partial charge in [0, 0.05) is 35.9 Å². The van der Waals surface area contributed by atoms with E-state index in [1.54, 1.807) is 11.6 Å². The van der Waals surface area contributed by atoms with Crippen LogP contribution in [0, 0.1) is 24.1 Å². The van der Waals surface area contributed by atoms with E-state index in [0.717, 1.165) is 42.2 Å². The van der Waals surface area contributed by atoms with Gasteiger partial charge in [0.25, 0.3) is 0 Å². The Labute approximate surface area is 285 Å². The van der Waals surface area contributed by atoms with Gasteiger partial charge < -0.3 is 10.6 Å². The van der Waals surface area contributed by atoms with E-state index in [2.05, 4.69) is 62.7 Å². The molecule has 14 heteroatoms. The number of pyridine rings is 1. The number of nitriles is 1. The first-order chi connectivity index (χ1) is 21.9. The second-order valence-electron chi connectivity index (χ2n) is 12.3. The third-order valence-electron chi connectivity index (χ3n) is 8.31. The maximum atomic E-state index is 15.1. The van der Waals surface area contributed by atoms with E-state index >= 15 is 4.39 Å². The van der Waals surface area contributed by atoms with Crippen molar-refractivity contribution in [3.8, 4) is 6.07 Å². The van der Waals surface area contributed by atoms with Crippen LogP contribution in [0.3, 0.4) is 0 Å². The van der Waals surface area contributed by atoms with Crippen LogP contribution < -0.4 is 10.6 Å². The molecule has 1 saturated heterocycles. The first kappa shape index (κ1) is 32.4. The number of likely N-dealkylation sites (tertiary alicyclic amines) is 1. The van der Waals surface area contributed by atoms with Crippen LogP contribution in [-0.4, -0.2) is 48.5 Å². The SMILES string of the molecule is Cc1ncsc1[C@H](Nc1cc(Cl)c2ncc(C#N)c(Nc3ccc(Cl)c(Cl)c3F)c2c1)c1cn(C2CCN(C(C)(C)C)CC2)nn1. The standard InChI is InChI=1S/C32H31Cl3FN9S/c1-17-31(46-16-39-17)30(25-15-45(43-42-25)20-7-9-44(10-8-20)32(2,3)4)40-19-11-21-28(18(13-37)14-38-29(21)23(34)12-19)41-24-6-5-22(33)26(35)27(24)36/h5-6,11-12,14-16,20,30,40H,7-10H2,1-4H3,(H,38,41)/t30-/m1/s1. The molecule has 0 unspecified atom stereocenters. The number of hydrogen-bond acceptors (Lipinski definition) is 9. The highest BCUT2D eigenvalue weighted by atomic mass is 35.5. The van der Waals surface area contributed by atoms with E-state index in [4.69, 9.17) is 34.8 Å². The van der Waals surface area contributed by atoms with Crippen LogP contribution in [0.25, 0.3) is 10.9 Å². The molecule has 4 heterocycles. The zero-order valence-corrected chi connectivity index (χ0v) is 28.7. The molecule has 2 N–H and O–H groups in total. The number of halogens is 4. The van der Waals surface area contributed by atoms with Crippen LogP contribution in [0.2, 0.25) is 15.1 Å². The van der Waals surface area contributed by atoms with Crippen molar-refractivity contribution in [2.75, 3.05) is 23.7 Å². The van der Waals surface area contributed by atoms with Crippen molar-refractivity contribution in [3.63, 3.8) is 0 Å². The maximum Gasteiger partial charge on any atom is 0.166 e. The summed E-state index contributed by atoms with van der Waals surface area (Å²) in [6.45, 7) is 10.7. The van der Waals surface area contributed by atoms with Gasteiger partial charge in [0.2, 0.25) is 0 Å². The normalized spacial score (nSPS) is 15.2. The number of nitrogens with zero attached hydrogens (tertiary/aromatic N) is 7. The summed E-state index contributed by atoms with van der Waals surface area (Å²) in [4.78, 5) is 12.4. The van der Waals surface area contributed by atoms with Gasteiger partial charge in [0.05, 0.1) is 65.8 Å². The molecule has 5 aromatic rings. The molecular weight excluding hydrogens is 668 g/mol. The lowest BCUT2D eigenvalue weighted by atomic mass is 9.98. The van der Waals surface area contributed by atoms with Gasteiger partial charge in [-0.3, -0.25) is 9.88 Å². The van der Waals surface area contributed by atoms with Crippen LogP contribution in [0.15, 0.2) is 42.2 Å². The van der Waals surface area contributed by atoms with Crippen molar-refractivity contribution in [3.05, 3.63) is 84.9 Å². The number of benzene rings is 2. The largest absolute Gasteiger partial charge is 0.372 e. The molecule has 0 saturated carbocycles. The molecule has 6 rings (SSSR count). The van der Waals surface area contributed by atoms with Crippen LogP contribution in [-0.2, 0) is 0 Å². The fourth-order valence-corrected chi connectivity index (χ4v) is 7.19. The Morgan fingerprint density at radius 2 is 1.87 bits per heavy atom. The number of aromatic nitrogens is 5. The summed E-state index contributed by atoms with van der Waals surface area (Å²) < 4.78 is 17.0. The second kappa shape index (κ2) is 12.9. The van der Waals surface area contributed by atoms with Gasteiger partial charge in [-0.2, -0.15) is 5.26 Å². The molecule has 0 aliphatic carbocycles. The number of thiazole rings is 1. The van der Waals surface area contributed by atoms with Crippen molar-refractivity contribution in [2.45, 2.75) is 58.2 Å². The van der Waals surface area contributed by atoms with E-state index in [0.29, 0.717) is 27.3 Å². The van der Waals surface area contributed by atoms with Crippen LogP contribution in [0.5, 0.6) is 0 Å². The molecule has 46 heavy (non-hydrogen) atoms. The summed E-state index contributed by atoms with van der Waals surface area (Å²) in [5, 5.41) is 26.4. The highest BCUT2D eigenvalue weighted by Gasteiger charge is 2.30. The molecule has 0 bridgehead atoms. The zero-order valence-electron chi connectivity index (χ0n) is 25.6. The molecule has 1 aliphatic heterocycles. The molecule has 9 nitrogen and oxygen atoms in total. The average molecular weight is 699 g/mol. The Kier molecular flexibility index (Phi) is 9.11. The van der Waals surface area contributed by atoms with Gasteiger partial charge >= 0.3 is 0 Å². The molecule has 2 aromatic carbocycles. The van der Waals surface area contributed by atoms with Crippen LogP contribution >= 0.6 is 46.1 Å². The number of piperidine rings is 1. The van der Waals surface area contributed by atoms with Crippen LogP contribution in [0.4, 0.5) is 21.5 Å². The fraction of sp³-hybridized carbons (Fsp3) is 0.344. The molecule has 1 aliphatic rings. The average Bonchev–Trinajstić information content (AvgIpc) is 3.69. The third-order valence-corrected chi connectivity index (χ3v) is 10.4. The smallest absolute Gasteiger partial charge is 0.166 e. The van der Waals surface area contributed by atoms with Crippen molar-refractivity contribution in [2.24, 2.45) is 0 Å². The Hall–Kier alpha value is -3.53. The quantitative estimate of drug-likeness (QED) is 0.162. The Balaban J connectivity index is 1.36. The topological polar surface area (TPSA) is 108 Å². The predicted octanol–water partition coefficient (Wildman–Crippen LogP) is 8.94. The summed E-state index contributed by atoms with van der Waals surface area (Å²) >= 11 is 20.4. The summed E-state index contributed by atoms with van der Waals surface area (Å²) in [5.74, 6) is -0.740. The van der Waals surface area contributed by atoms with Crippen LogP contribution in [0.1, 0.15) is 67.5 Å². The molecule has 0 radical (unpaired) electrons. The summed E-state index contributed by atoms with van der Waals surface area (Å²) in [6.07, 6.45) is 5.38. The van der Waals surface area contributed by atoms with Crippen molar-refractivity contribution in [1.82, 2.24) is 29.9 Å². The zero-order chi connectivity index (χ0) is 32.7. The van der Waals surface area contributed by atoms with Gasteiger partial charge in [-0.05, 0) is 64.8 Å². The van der Waals surface area contributed by atoms with Gasteiger partial charge in [-0.1, -0.05) is 40.0 Å². The lowest BCUT2D eigenvalue weighted by Gasteiger charge is -2.40. The van der Waals surface area contributed by atoms with E-state index in [9.17, 15) is 5.26 Å². The first-order valence-electron chi connectivity index (χ1n) is 14.7. The molecular formula is C32H31Cl3FN9S. The first-order valence-corrected chi connectivity index (χ1v) is 16.7. The van der Waals surface area contributed by atoms with E-state index in [-0.39, 0.29) is 38.9 Å². The minimum absolute atomic E-state index is 0.0518. The fourth-order valence-electron chi connectivity index (χ4n) is 5.75. The third kappa shape index (κ3) is 6.37. The van der Waals surface area contributed by atoms with E-state index < -0.39 is 5.82 Å². The van der Waals surface area contributed by atoms with Gasteiger partial charge in [-0.15, -0.1) is 16.4 Å². The monoisotopic (exact) mass is 697 g/mol. The van der Waals surface area contributed by atoms with Gasteiger partial charge in [-0.25, -0.2) is 14.1 Å². The number of nitrogens with one attached hydrogen (secondary N) is 2. The number of anilines is 3. The minimum atomic E-state index is -0.740. The Morgan fingerprint density at radius 1 is 1.11 bits per heavy atom. The number of aryl methyl sites for hydroxylation is 1. The second-order valence-corrected chi connectivity index (χ2v) is 14.3. The van der Waals surface area contributed by atoms with Gasteiger partial charge in [0.15, 0.2) is 5.82 Å². The van der Waals surface area contributed by atoms with Crippen molar-refractivity contribution >= 4 is 74.1 Å². The van der Waals surface area contributed by atoms with Gasteiger partial charge in [0.1, 0.15) is 17.8 Å². The lowest BCUT2D eigenvalue weighted by molar-refractivity contribution is 0.0866. The van der Waals surface area contributed by atoms with E-state index in [1.165, 1.54) is 29.7 Å². The molecule has 3 aromatic heterocycles. The minimum Gasteiger partial charge on any atom is -0.372 e. The maximum absolute atomic E-state index is 15.1. The molecule has 0 amide bonds. The molecule has 1 fully saturated rings. The molecule has 1 atom stereocenters. The highest BCUT2D eigenvalue weighted by molar-refractivity contribution is 7.09. The Morgan fingerprint density at radius 3 is 2.54 bits per heavy atom. The highest BCUT2D eigenvalue weighted by Crippen LogP contribution is 2.39. The number of rotatable bonds is 7. The summed E-state index contributed by atoms with van der Waals surface area (Å²) in [7, 11) is 0. The summed E-state index contributed by atoms with van der Waals surface area (Å²) in [6, 6.07) is 8.52.